The maximum absolute atomic E-state index is 5.71. The predicted molar refractivity (Wildman–Crippen MR) is 52.4 cm³/mol. The van der Waals surface area contributed by atoms with E-state index in [9.17, 15) is 0 Å². The zero-order valence-electron chi connectivity index (χ0n) is 4.89. The number of hydrogen-bond acceptors (Lipinski definition) is 0. The van der Waals surface area contributed by atoms with Gasteiger partial charge in [0.05, 0.1) is 0 Å². The van der Waals surface area contributed by atoms with Crippen LogP contribution in [-0.2, 0) is 0 Å². The normalized spacial score (nSPS) is 10.4. The van der Waals surface area contributed by atoms with Crippen molar-refractivity contribution in [1.29, 1.82) is 0 Å². The average molecular weight is 258 g/mol. The Morgan fingerprint density at radius 1 is 1.20 bits per heavy atom. The molecule has 1 aromatic rings. The second-order valence-corrected chi connectivity index (χ2v) is 6.03. The molecule has 0 N–H and O–H groups in total. The molecule has 0 heterocycles. The monoisotopic (exact) mass is 256 g/mol. The molecule has 0 saturated carbocycles. The molecule has 0 bridgehead atoms. The van der Waals surface area contributed by atoms with Crippen molar-refractivity contribution in [3.05, 3.63) is 28.7 Å². The summed E-state index contributed by atoms with van der Waals surface area (Å²) in [4.78, 5) is 0. The lowest BCUT2D eigenvalue weighted by Crippen LogP contribution is -1.94. The van der Waals surface area contributed by atoms with Crippen LogP contribution in [-0.4, -0.2) is 0 Å². The summed E-state index contributed by atoms with van der Waals surface area (Å²) in [5, 5.41) is 0.973. The Balaban J connectivity index is 3.03. The third-order valence-corrected chi connectivity index (χ3v) is 3.88. The van der Waals surface area contributed by atoms with Crippen molar-refractivity contribution in [2.24, 2.45) is 0 Å². The Hall–Kier alpha value is 0.710. The summed E-state index contributed by atoms with van der Waals surface area (Å²) in [6.07, 6.45) is 0. The third kappa shape index (κ3) is 2.10. The Kier molecular flexibility index (Phi) is 3.45. The molecule has 0 saturated heterocycles. The van der Waals surface area contributed by atoms with Crippen LogP contribution in [0.15, 0.2) is 28.7 Å². The summed E-state index contributed by atoms with van der Waals surface area (Å²) in [5.41, 5.74) is 0. The summed E-state index contributed by atoms with van der Waals surface area (Å²) in [6.45, 7) is -1.02. The molecule has 0 spiro atoms. The van der Waals surface area contributed by atoms with E-state index in [1.54, 1.807) is 0 Å². The van der Waals surface area contributed by atoms with Gasteiger partial charge in [-0.1, -0.05) is 56.6 Å². The van der Waals surface area contributed by atoms with Gasteiger partial charge in [0.1, 0.15) is 6.63 Å². The van der Waals surface area contributed by atoms with Crippen LogP contribution in [0.25, 0.3) is 0 Å². The highest BCUT2D eigenvalue weighted by molar-refractivity contribution is 9.10. The number of hydrogen-bond donors (Lipinski definition) is 0. The van der Waals surface area contributed by atoms with Gasteiger partial charge in [-0.3, -0.25) is 0 Å². The van der Waals surface area contributed by atoms with Gasteiger partial charge in [0, 0.05) is 9.78 Å². The van der Waals surface area contributed by atoms with Crippen LogP contribution < -0.4 is 5.30 Å². The summed E-state index contributed by atoms with van der Waals surface area (Å²) in [7, 11) is 0. The van der Waals surface area contributed by atoms with Crippen LogP contribution in [0.3, 0.4) is 0 Å². The van der Waals surface area contributed by atoms with E-state index in [1.807, 2.05) is 24.3 Å². The first-order valence-electron chi connectivity index (χ1n) is 2.58. The van der Waals surface area contributed by atoms with Gasteiger partial charge in [-0.15, -0.1) is 0 Å². The predicted octanol–water partition coefficient (Wildman–Crippen LogP) is 3.86. The van der Waals surface area contributed by atoms with Crippen LogP contribution in [0.5, 0.6) is 0 Å². The minimum atomic E-state index is -1.02. The van der Waals surface area contributed by atoms with Gasteiger partial charge >= 0.3 is 0 Å². The van der Waals surface area contributed by atoms with Crippen molar-refractivity contribution in [2.75, 3.05) is 0 Å². The van der Waals surface area contributed by atoms with Gasteiger partial charge in [-0.05, 0) is 6.07 Å². The van der Waals surface area contributed by atoms with E-state index < -0.39 is 6.63 Å². The van der Waals surface area contributed by atoms with Crippen LogP contribution in [0.2, 0.25) is 0 Å². The first-order valence-corrected chi connectivity index (χ1v) is 6.52. The summed E-state index contributed by atoms with van der Waals surface area (Å²) < 4.78 is 0.978. The molecule has 1 rings (SSSR count). The third-order valence-electron chi connectivity index (χ3n) is 1.03. The molecule has 0 nitrogen and oxygen atoms in total. The molecule has 54 valence electrons. The number of halogens is 3. The fraction of sp³-hybridized carbons (Fsp3) is 0. The van der Waals surface area contributed by atoms with Gasteiger partial charge in [0.25, 0.3) is 0 Å². The average Bonchev–Trinajstić information content (AvgIpc) is 1.88. The van der Waals surface area contributed by atoms with Crippen molar-refractivity contribution < 1.29 is 0 Å². The lowest BCUT2D eigenvalue weighted by molar-refractivity contribution is 1.72. The molecule has 0 radical (unpaired) electrons. The summed E-state index contributed by atoms with van der Waals surface area (Å²) >= 11 is 14.8. The van der Waals surface area contributed by atoms with E-state index in [-0.39, 0.29) is 0 Å². The lowest BCUT2D eigenvalue weighted by atomic mass is 10.4. The zero-order valence-corrected chi connectivity index (χ0v) is 8.88. The van der Waals surface area contributed by atoms with E-state index >= 15 is 0 Å². The van der Waals surface area contributed by atoms with E-state index in [2.05, 4.69) is 15.9 Å². The second-order valence-electron chi connectivity index (χ2n) is 1.68. The van der Waals surface area contributed by atoms with Gasteiger partial charge in [-0.2, -0.15) is 0 Å². The van der Waals surface area contributed by atoms with Crippen molar-refractivity contribution in [3.63, 3.8) is 0 Å². The zero-order chi connectivity index (χ0) is 7.56. The summed E-state index contributed by atoms with van der Waals surface area (Å²) in [5.74, 6) is 0. The maximum atomic E-state index is 5.71. The highest BCUT2D eigenvalue weighted by Gasteiger charge is 2.05. The summed E-state index contributed by atoms with van der Waals surface area (Å²) in [6, 6.07) is 7.69. The Morgan fingerprint density at radius 2 is 1.80 bits per heavy atom. The second kappa shape index (κ2) is 3.92. The molecule has 0 aliphatic heterocycles. The topological polar surface area (TPSA) is 0 Å². The van der Waals surface area contributed by atoms with E-state index in [4.69, 9.17) is 22.5 Å². The molecule has 0 aromatic heterocycles. The molecule has 10 heavy (non-hydrogen) atoms. The SMILES string of the molecule is ClP(Cl)c1ccccc1Br. The number of benzene rings is 1. The van der Waals surface area contributed by atoms with Crippen LogP contribution in [0.1, 0.15) is 0 Å². The van der Waals surface area contributed by atoms with Gasteiger partial charge in [0.15, 0.2) is 0 Å². The molecule has 0 atom stereocenters. The molecule has 0 amide bonds. The van der Waals surface area contributed by atoms with Crippen molar-refractivity contribution in [2.45, 2.75) is 0 Å². The molecule has 1 aromatic carbocycles. The van der Waals surface area contributed by atoms with Crippen molar-refractivity contribution in [3.8, 4) is 0 Å². The molecule has 4 heteroatoms. The minimum Gasteiger partial charge on any atom is -0.0727 e. The van der Waals surface area contributed by atoms with Crippen LogP contribution in [0, 0.1) is 0 Å². The minimum absolute atomic E-state index is 0.973. The van der Waals surface area contributed by atoms with Crippen molar-refractivity contribution in [1.82, 2.24) is 0 Å². The highest BCUT2D eigenvalue weighted by Crippen LogP contribution is 2.46. The quantitative estimate of drug-likeness (QED) is 0.671. The van der Waals surface area contributed by atoms with Gasteiger partial charge in [0.2, 0.25) is 0 Å². The van der Waals surface area contributed by atoms with Crippen LogP contribution in [0.4, 0.5) is 0 Å². The first kappa shape index (κ1) is 8.80. The molecular weight excluding hydrogens is 254 g/mol. The van der Waals surface area contributed by atoms with E-state index in [0.29, 0.717) is 0 Å². The highest BCUT2D eigenvalue weighted by atomic mass is 79.9. The smallest absolute Gasteiger partial charge is 0.0727 e. The molecule has 0 aliphatic carbocycles. The molecule has 0 fully saturated rings. The molecule has 0 unspecified atom stereocenters. The van der Waals surface area contributed by atoms with E-state index in [0.717, 1.165) is 9.78 Å². The fourth-order valence-electron chi connectivity index (χ4n) is 0.589. The fourth-order valence-corrected chi connectivity index (χ4v) is 3.34. The first-order chi connectivity index (χ1) is 4.72. The number of rotatable bonds is 1. The van der Waals surface area contributed by atoms with Gasteiger partial charge in [-0.25, -0.2) is 0 Å². The Bertz CT molecular complexity index is 227. The Morgan fingerprint density at radius 3 is 2.20 bits per heavy atom. The van der Waals surface area contributed by atoms with Crippen LogP contribution >= 0.6 is 45.0 Å². The maximum Gasteiger partial charge on any atom is 0.118 e. The molecule has 0 aliphatic rings. The lowest BCUT2D eigenvalue weighted by Gasteiger charge is -2.01. The van der Waals surface area contributed by atoms with Gasteiger partial charge < -0.3 is 0 Å². The Labute approximate surface area is 79.0 Å². The largest absolute Gasteiger partial charge is 0.118 e. The van der Waals surface area contributed by atoms with Crippen molar-refractivity contribution >= 4 is 50.3 Å². The molecular formula is C6H4BrCl2P. The van der Waals surface area contributed by atoms with E-state index in [1.165, 1.54) is 0 Å². The standard InChI is InChI=1S/C6H4BrCl2P/c7-5-3-1-2-4-6(5)10(8)9/h1-4H.